The van der Waals surface area contributed by atoms with Crippen LogP contribution in [0.1, 0.15) is 36.5 Å². The molecule has 2 rings (SSSR count). The lowest BCUT2D eigenvalue weighted by Crippen LogP contribution is -2.32. The van der Waals surface area contributed by atoms with Gasteiger partial charge in [-0.15, -0.1) is 0 Å². The van der Waals surface area contributed by atoms with Gasteiger partial charge in [0.15, 0.2) is 0 Å². The van der Waals surface area contributed by atoms with E-state index in [9.17, 15) is 4.79 Å². The number of aliphatic carboxylic acids is 1. The number of hydrogen-bond acceptors (Lipinski definition) is 3. The first kappa shape index (κ1) is 14.9. The maximum absolute atomic E-state index is 10.9. The monoisotopic (exact) mass is 276 g/mol. The van der Waals surface area contributed by atoms with Crippen LogP contribution in [0, 0.1) is 6.92 Å². The minimum absolute atomic E-state index is 0.392. The summed E-state index contributed by atoms with van der Waals surface area (Å²) in [6.07, 6.45) is 3.87. The van der Waals surface area contributed by atoms with Crippen LogP contribution in [0.25, 0.3) is 0 Å². The number of anilines is 1. The smallest absolute Gasteiger partial charge is 0.320 e. The summed E-state index contributed by atoms with van der Waals surface area (Å²) >= 11 is 0. The van der Waals surface area contributed by atoms with Crippen molar-refractivity contribution in [2.24, 2.45) is 5.73 Å². The number of aryl methyl sites for hydroxylation is 2. The zero-order chi connectivity index (χ0) is 14.7. The van der Waals surface area contributed by atoms with Gasteiger partial charge in [-0.1, -0.05) is 19.1 Å². The molecule has 4 nitrogen and oxygen atoms in total. The molecule has 1 atom stereocenters. The maximum Gasteiger partial charge on any atom is 0.320 e. The van der Waals surface area contributed by atoms with Crippen molar-refractivity contribution in [1.29, 1.82) is 0 Å². The molecule has 1 unspecified atom stereocenters. The van der Waals surface area contributed by atoms with E-state index < -0.39 is 12.0 Å². The third-order valence-electron chi connectivity index (χ3n) is 4.02. The van der Waals surface area contributed by atoms with Gasteiger partial charge in [0.2, 0.25) is 0 Å². The molecular formula is C16H24N2O2. The number of rotatable bonds is 5. The fraction of sp³-hybridized carbons (Fsp3) is 0.562. The van der Waals surface area contributed by atoms with Crippen molar-refractivity contribution < 1.29 is 9.90 Å². The highest BCUT2D eigenvalue weighted by Crippen LogP contribution is 2.30. The highest BCUT2D eigenvalue weighted by atomic mass is 16.4. The summed E-state index contributed by atoms with van der Waals surface area (Å²) in [4.78, 5) is 13.3. The maximum atomic E-state index is 10.9. The Labute approximate surface area is 120 Å². The highest BCUT2D eigenvalue weighted by Gasteiger charge is 2.19. The van der Waals surface area contributed by atoms with Gasteiger partial charge >= 0.3 is 5.97 Å². The van der Waals surface area contributed by atoms with Crippen molar-refractivity contribution >= 4 is 11.7 Å². The van der Waals surface area contributed by atoms with Gasteiger partial charge in [-0.25, -0.2) is 0 Å². The van der Waals surface area contributed by atoms with Crippen LogP contribution in [0.3, 0.4) is 0 Å². The second kappa shape index (κ2) is 6.27. The van der Waals surface area contributed by atoms with Crippen molar-refractivity contribution in [3.05, 3.63) is 28.8 Å². The molecule has 1 saturated heterocycles. The number of nitrogens with two attached hydrogens (primary N) is 1. The molecule has 1 heterocycles. The molecule has 1 aromatic rings. The first-order chi connectivity index (χ1) is 9.52. The second-order valence-electron chi connectivity index (χ2n) is 5.62. The number of carbonyl (C=O) groups is 1. The molecular weight excluding hydrogens is 252 g/mol. The van der Waals surface area contributed by atoms with E-state index in [1.807, 2.05) is 0 Å². The third kappa shape index (κ3) is 3.12. The Morgan fingerprint density at radius 3 is 2.60 bits per heavy atom. The molecule has 0 saturated carbocycles. The van der Waals surface area contributed by atoms with Crippen molar-refractivity contribution in [2.45, 2.75) is 45.6 Å². The molecule has 4 heteroatoms. The molecule has 3 N–H and O–H groups in total. The van der Waals surface area contributed by atoms with E-state index in [-0.39, 0.29) is 0 Å². The van der Waals surface area contributed by atoms with Crippen LogP contribution < -0.4 is 10.6 Å². The average Bonchev–Trinajstić information content (AvgIpc) is 2.91. The van der Waals surface area contributed by atoms with Crippen LogP contribution in [0.4, 0.5) is 5.69 Å². The van der Waals surface area contributed by atoms with E-state index in [0.717, 1.165) is 25.1 Å². The van der Waals surface area contributed by atoms with Gasteiger partial charge in [0.05, 0.1) is 0 Å². The second-order valence-corrected chi connectivity index (χ2v) is 5.62. The Balaban J connectivity index is 2.29. The summed E-state index contributed by atoms with van der Waals surface area (Å²) in [5, 5.41) is 8.93. The quantitative estimate of drug-likeness (QED) is 0.864. The molecule has 0 radical (unpaired) electrons. The Hall–Kier alpha value is -1.55. The Kier molecular flexibility index (Phi) is 4.65. The Bertz CT molecular complexity index is 493. The summed E-state index contributed by atoms with van der Waals surface area (Å²) < 4.78 is 0. The van der Waals surface area contributed by atoms with Gasteiger partial charge in [-0.2, -0.15) is 0 Å². The molecule has 0 aromatic heterocycles. The van der Waals surface area contributed by atoms with Gasteiger partial charge in [-0.05, 0) is 49.3 Å². The number of nitrogens with zero attached hydrogens (tertiary/aromatic N) is 1. The lowest BCUT2D eigenvalue weighted by Gasteiger charge is -2.24. The Morgan fingerprint density at radius 2 is 2.05 bits per heavy atom. The number of benzene rings is 1. The van der Waals surface area contributed by atoms with Crippen molar-refractivity contribution in [2.75, 3.05) is 18.0 Å². The predicted molar refractivity (Wildman–Crippen MR) is 81.3 cm³/mol. The third-order valence-corrected chi connectivity index (χ3v) is 4.02. The molecule has 1 aliphatic rings. The van der Waals surface area contributed by atoms with E-state index in [1.165, 1.54) is 29.7 Å². The molecule has 1 fully saturated rings. The van der Waals surface area contributed by atoms with Crippen LogP contribution >= 0.6 is 0 Å². The number of carboxylic acid groups (broad SMARTS) is 1. The van der Waals surface area contributed by atoms with Crippen LogP contribution in [-0.4, -0.2) is 30.2 Å². The van der Waals surface area contributed by atoms with Crippen molar-refractivity contribution in [3.8, 4) is 0 Å². The zero-order valence-corrected chi connectivity index (χ0v) is 12.4. The number of hydrogen-bond donors (Lipinski definition) is 2. The van der Waals surface area contributed by atoms with Gasteiger partial charge in [-0.3, -0.25) is 4.79 Å². The molecule has 0 aliphatic carbocycles. The highest BCUT2D eigenvalue weighted by molar-refractivity contribution is 5.73. The zero-order valence-electron chi connectivity index (χ0n) is 12.4. The van der Waals surface area contributed by atoms with Crippen LogP contribution in [0.5, 0.6) is 0 Å². The summed E-state index contributed by atoms with van der Waals surface area (Å²) in [7, 11) is 0. The normalized spacial score (nSPS) is 16.4. The summed E-state index contributed by atoms with van der Waals surface area (Å²) in [6, 6.07) is 3.40. The van der Waals surface area contributed by atoms with Gasteiger partial charge < -0.3 is 15.7 Å². The van der Waals surface area contributed by atoms with E-state index in [2.05, 4.69) is 30.9 Å². The van der Waals surface area contributed by atoms with E-state index in [0.29, 0.717) is 6.42 Å². The van der Waals surface area contributed by atoms with Crippen molar-refractivity contribution in [3.63, 3.8) is 0 Å². The minimum Gasteiger partial charge on any atom is -0.480 e. The topological polar surface area (TPSA) is 66.6 Å². The number of carboxylic acids is 1. The summed E-state index contributed by atoms with van der Waals surface area (Å²) in [6.45, 7) is 6.52. The van der Waals surface area contributed by atoms with E-state index in [4.69, 9.17) is 10.8 Å². The van der Waals surface area contributed by atoms with Gasteiger partial charge in [0.25, 0.3) is 0 Å². The molecule has 110 valence electrons. The van der Waals surface area contributed by atoms with Gasteiger partial charge in [0.1, 0.15) is 6.04 Å². The molecule has 20 heavy (non-hydrogen) atoms. The molecule has 0 spiro atoms. The van der Waals surface area contributed by atoms with Crippen LogP contribution in [0.15, 0.2) is 12.1 Å². The molecule has 1 aromatic carbocycles. The fourth-order valence-corrected chi connectivity index (χ4v) is 3.06. The standard InChI is InChI=1S/C16H24N2O2/c1-3-13-9-12(10-14(17)16(19)20)8-11(2)15(13)18-6-4-5-7-18/h8-9,14H,3-7,10,17H2,1-2H3,(H,19,20). The lowest BCUT2D eigenvalue weighted by molar-refractivity contribution is -0.138. The summed E-state index contributed by atoms with van der Waals surface area (Å²) in [5.41, 5.74) is 10.6. The molecule has 0 bridgehead atoms. The average molecular weight is 276 g/mol. The largest absolute Gasteiger partial charge is 0.480 e. The van der Waals surface area contributed by atoms with Crippen LogP contribution in [0.2, 0.25) is 0 Å². The van der Waals surface area contributed by atoms with Gasteiger partial charge in [0, 0.05) is 18.8 Å². The SMILES string of the molecule is CCc1cc(CC(N)C(=O)O)cc(C)c1N1CCCC1. The fourth-order valence-electron chi connectivity index (χ4n) is 3.06. The first-order valence-corrected chi connectivity index (χ1v) is 7.38. The first-order valence-electron chi connectivity index (χ1n) is 7.38. The predicted octanol–water partition coefficient (Wildman–Crippen LogP) is 2.11. The van der Waals surface area contributed by atoms with Crippen LogP contribution in [-0.2, 0) is 17.6 Å². The summed E-state index contributed by atoms with van der Waals surface area (Å²) in [5.74, 6) is -0.940. The molecule has 0 amide bonds. The molecule has 1 aliphatic heterocycles. The minimum atomic E-state index is -0.940. The lowest BCUT2D eigenvalue weighted by atomic mass is 9.97. The van der Waals surface area contributed by atoms with E-state index in [1.54, 1.807) is 0 Å². The van der Waals surface area contributed by atoms with Crippen molar-refractivity contribution in [1.82, 2.24) is 0 Å². The Morgan fingerprint density at radius 1 is 1.40 bits per heavy atom. The van der Waals surface area contributed by atoms with E-state index >= 15 is 0 Å².